The molecule has 0 aromatic carbocycles. The second kappa shape index (κ2) is 4.75. The molecule has 0 aliphatic rings. The summed E-state index contributed by atoms with van der Waals surface area (Å²) in [5.74, 6) is -1.16. The highest BCUT2D eigenvalue weighted by molar-refractivity contribution is 5.86. The van der Waals surface area contributed by atoms with Crippen LogP contribution in [0, 0.1) is 10.1 Å². The molecule has 0 atom stereocenters. The zero-order chi connectivity index (χ0) is 12.3. The zero-order valence-corrected chi connectivity index (χ0v) is 9.08. The van der Waals surface area contributed by atoms with Gasteiger partial charge in [0.15, 0.2) is 0 Å². The van der Waals surface area contributed by atoms with Gasteiger partial charge in [-0.05, 0) is 14.1 Å². The van der Waals surface area contributed by atoms with Crippen LogP contribution in [0.25, 0.3) is 0 Å². The number of rotatable bonds is 5. The topological polar surface area (TPSA) is 88.6 Å². The summed E-state index contributed by atoms with van der Waals surface area (Å²) < 4.78 is 1.38. The fourth-order valence-corrected chi connectivity index (χ4v) is 1.27. The number of likely N-dealkylation sites (N-methyl/N-ethyl adjacent to an activating group) is 1. The number of nitrogens with zero attached hydrogens (tertiary/aromatic N) is 3. The number of hydrogen-bond acceptors (Lipinski definition) is 4. The normalized spacial score (nSPS) is 10.7. The van der Waals surface area contributed by atoms with E-state index in [0.29, 0.717) is 13.1 Å². The minimum atomic E-state index is -1.16. The minimum absolute atomic E-state index is 0.0615. The van der Waals surface area contributed by atoms with Crippen LogP contribution in [0.3, 0.4) is 0 Å². The van der Waals surface area contributed by atoms with Gasteiger partial charge in [0.2, 0.25) is 0 Å². The molecule has 1 aromatic rings. The molecule has 0 amide bonds. The van der Waals surface area contributed by atoms with Crippen molar-refractivity contribution < 1.29 is 14.8 Å². The highest BCUT2D eigenvalue weighted by Crippen LogP contribution is 2.16. The van der Waals surface area contributed by atoms with Gasteiger partial charge in [-0.1, -0.05) is 0 Å². The molecule has 0 aliphatic heterocycles. The van der Waals surface area contributed by atoms with Gasteiger partial charge in [-0.2, -0.15) is 0 Å². The minimum Gasteiger partial charge on any atom is -0.477 e. The standard InChI is InChI=1S/C9H13N3O4/c1-10(2)3-4-11-6-7(12(15)16)5-8(11)9(13)14/h5-6H,3-4H2,1-2H3,(H,13,14). The number of carboxylic acid groups (broad SMARTS) is 1. The zero-order valence-electron chi connectivity index (χ0n) is 9.08. The predicted molar refractivity (Wildman–Crippen MR) is 56.6 cm³/mol. The van der Waals surface area contributed by atoms with E-state index in [-0.39, 0.29) is 11.4 Å². The molecular weight excluding hydrogens is 214 g/mol. The van der Waals surface area contributed by atoms with Gasteiger partial charge in [0.1, 0.15) is 5.69 Å². The van der Waals surface area contributed by atoms with Crippen LogP contribution < -0.4 is 0 Å². The molecule has 0 saturated carbocycles. The maximum atomic E-state index is 10.8. The molecule has 1 N–H and O–H groups in total. The first kappa shape index (κ1) is 12.2. The van der Waals surface area contributed by atoms with Gasteiger partial charge in [0.05, 0.1) is 11.1 Å². The van der Waals surface area contributed by atoms with Crippen LogP contribution in [0.4, 0.5) is 5.69 Å². The summed E-state index contributed by atoms with van der Waals surface area (Å²) in [7, 11) is 3.69. The lowest BCUT2D eigenvalue weighted by molar-refractivity contribution is -0.384. The molecule has 88 valence electrons. The molecule has 0 bridgehead atoms. The van der Waals surface area contributed by atoms with E-state index in [1.54, 1.807) is 0 Å². The number of aromatic carboxylic acids is 1. The Bertz CT molecular complexity index is 411. The number of hydrogen-bond donors (Lipinski definition) is 1. The second-order valence-corrected chi connectivity index (χ2v) is 3.64. The van der Waals surface area contributed by atoms with Crippen LogP contribution in [-0.2, 0) is 6.54 Å². The average molecular weight is 227 g/mol. The predicted octanol–water partition coefficient (Wildman–Crippen LogP) is 0.656. The van der Waals surface area contributed by atoms with Gasteiger partial charge in [0.25, 0.3) is 5.69 Å². The number of nitro groups is 1. The van der Waals surface area contributed by atoms with Gasteiger partial charge < -0.3 is 14.6 Å². The third-order valence-corrected chi connectivity index (χ3v) is 2.10. The summed E-state index contributed by atoms with van der Waals surface area (Å²) >= 11 is 0. The van der Waals surface area contributed by atoms with Gasteiger partial charge in [-0.3, -0.25) is 10.1 Å². The highest BCUT2D eigenvalue weighted by Gasteiger charge is 2.18. The Morgan fingerprint density at radius 2 is 2.25 bits per heavy atom. The monoisotopic (exact) mass is 227 g/mol. The van der Waals surface area contributed by atoms with Crippen LogP contribution in [-0.4, -0.2) is 46.1 Å². The van der Waals surface area contributed by atoms with Crippen molar-refractivity contribution in [2.45, 2.75) is 6.54 Å². The molecule has 7 nitrogen and oxygen atoms in total. The lowest BCUT2D eigenvalue weighted by Crippen LogP contribution is -2.20. The van der Waals surface area contributed by atoms with Crippen LogP contribution >= 0.6 is 0 Å². The summed E-state index contributed by atoms with van der Waals surface area (Å²) in [4.78, 5) is 22.6. The van der Waals surface area contributed by atoms with Gasteiger partial charge in [-0.25, -0.2) is 4.79 Å². The summed E-state index contributed by atoms with van der Waals surface area (Å²) in [6, 6.07) is 1.07. The molecule has 1 aromatic heterocycles. The van der Waals surface area contributed by atoms with Crippen molar-refractivity contribution in [3.8, 4) is 0 Å². The maximum absolute atomic E-state index is 10.8. The van der Waals surface area contributed by atoms with Crippen molar-refractivity contribution in [1.82, 2.24) is 9.47 Å². The molecule has 0 aliphatic carbocycles. The van der Waals surface area contributed by atoms with Crippen LogP contribution in [0.1, 0.15) is 10.5 Å². The van der Waals surface area contributed by atoms with E-state index in [1.807, 2.05) is 19.0 Å². The first-order chi connectivity index (χ1) is 7.41. The Kier molecular flexibility index (Phi) is 3.62. The summed E-state index contributed by atoms with van der Waals surface area (Å²) in [6.45, 7) is 1.02. The summed E-state index contributed by atoms with van der Waals surface area (Å²) in [5.41, 5.74) is -0.260. The Hall–Kier alpha value is -1.89. The van der Waals surface area contributed by atoms with Crippen LogP contribution in [0.15, 0.2) is 12.3 Å². The van der Waals surface area contributed by atoms with Crippen molar-refractivity contribution in [1.29, 1.82) is 0 Å². The number of carbonyl (C=O) groups is 1. The van der Waals surface area contributed by atoms with E-state index in [9.17, 15) is 14.9 Å². The van der Waals surface area contributed by atoms with E-state index in [0.717, 1.165) is 6.07 Å². The Balaban J connectivity index is 2.96. The summed E-state index contributed by atoms with van der Waals surface area (Å²) in [5, 5.41) is 19.4. The molecule has 16 heavy (non-hydrogen) atoms. The molecule has 7 heteroatoms. The quantitative estimate of drug-likeness (QED) is 0.589. The van der Waals surface area contributed by atoms with E-state index in [4.69, 9.17) is 5.11 Å². The molecule has 0 spiro atoms. The molecule has 1 rings (SSSR count). The van der Waals surface area contributed by atoms with Gasteiger partial charge in [-0.15, -0.1) is 0 Å². The van der Waals surface area contributed by atoms with Crippen molar-refractivity contribution in [3.05, 3.63) is 28.1 Å². The van der Waals surface area contributed by atoms with Crippen molar-refractivity contribution in [3.63, 3.8) is 0 Å². The van der Waals surface area contributed by atoms with Crippen molar-refractivity contribution in [2.24, 2.45) is 0 Å². The second-order valence-electron chi connectivity index (χ2n) is 3.64. The Labute approximate surface area is 92.0 Å². The molecule has 0 radical (unpaired) electrons. The van der Waals surface area contributed by atoms with E-state index < -0.39 is 10.9 Å². The lowest BCUT2D eigenvalue weighted by Gasteiger charge is -2.10. The molecule has 1 heterocycles. The third-order valence-electron chi connectivity index (χ3n) is 2.10. The number of aromatic nitrogens is 1. The van der Waals surface area contributed by atoms with Gasteiger partial charge in [0, 0.05) is 19.2 Å². The van der Waals surface area contributed by atoms with E-state index >= 15 is 0 Å². The fourth-order valence-electron chi connectivity index (χ4n) is 1.27. The lowest BCUT2D eigenvalue weighted by atomic mass is 10.4. The SMILES string of the molecule is CN(C)CCn1cc([N+](=O)[O-])cc1C(=O)O. The van der Waals surface area contributed by atoms with Crippen LogP contribution in [0.5, 0.6) is 0 Å². The van der Waals surface area contributed by atoms with Crippen molar-refractivity contribution in [2.75, 3.05) is 20.6 Å². The fraction of sp³-hybridized carbons (Fsp3) is 0.444. The van der Waals surface area contributed by atoms with E-state index in [1.165, 1.54) is 10.8 Å². The molecule has 0 unspecified atom stereocenters. The number of carboxylic acids is 1. The third kappa shape index (κ3) is 2.80. The summed E-state index contributed by atoms with van der Waals surface area (Å²) in [6.07, 6.45) is 1.24. The Morgan fingerprint density at radius 1 is 1.62 bits per heavy atom. The first-order valence-electron chi connectivity index (χ1n) is 4.64. The van der Waals surface area contributed by atoms with E-state index in [2.05, 4.69) is 0 Å². The molecule has 0 saturated heterocycles. The largest absolute Gasteiger partial charge is 0.477 e. The Morgan fingerprint density at radius 3 is 2.69 bits per heavy atom. The van der Waals surface area contributed by atoms with Crippen LogP contribution in [0.2, 0.25) is 0 Å². The molecular formula is C9H13N3O4. The maximum Gasteiger partial charge on any atom is 0.352 e. The highest BCUT2D eigenvalue weighted by atomic mass is 16.6. The van der Waals surface area contributed by atoms with Crippen molar-refractivity contribution >= 4 is 11.7 Å². The average Bonchev–Trinajstić information content (AvgIpc) is 2.58. The smallest absolute Gasteiger partial charge is 0.352 e. The molecule has 0 fully saturated rings. The van der Waals surface area contributed by atoms with Gasteiger partial charge >= 0.3 is 5.97 Å². The first-order valence-corrected chi connectivity index (χ1v) is 4.64.